The van der Waals surface area contributed by atoms with E-state index < -0.39 is 0 Å². The lowest BCUT2D eigenvalue weighted by molar-refractivity contribution is -0.172. The second-order valence-electron chi connectivity index (χ2n) is 2.68. The highest BCUT2D eigenvalue weighted by atomic mass is 35.5. The number of halogens is 1. The van der Waals surface area contributed by atoms with Crippen molar-refractivity contribution in [3.05, 3.63) is 0 Å². The summed E-state index contributed by atoms with van der Waals surface area (Å²) >= 11 is 5.52. The summed E-state index contributed by atoms with van der Waals surface area (Å²) in [6.07, 6.45) is 0.931. The summed E-state index contributed by atoms with van der Waals surface area (Å²) in [5.41, 5.74) is 0. The molecule has 0 aliphatic carbocycles. The van der Waals surface area contributed by atoms with E-state index >= 15 is 0 Å². The van der Waals surface area contributed by atoms with Crippen LogP contribution in [0.4, 0.5) is 0 Å². The molecule has 1 amide bonds. The van der Waals surface area contributed by atoms with Crippen molar-refractivity contribution in [2.75, 3.05) is 19.0 Å². The molecule has 4 heteroatoms. The molecular formula is C7H12ClNO2. The van der Waals surface area contributed by atoms with Gasteiger partial charge < -0.3 is 0 Å². The van der Waals surface area contributed by atoms with Gasteiger partial charge in [-0.1, -0.05) is 6.92 Å². The van der Waals surface area contributed by atoms with E-state index in [0.717, 1.165) is 6.42 Å². The first-order valence-corrected chi connectivity index (χ1v) is 4.29. The minimum atomic E-state index is -0.130. The summed E-state index contributed by atoms with van der Waals surface area (Å²) in [4.78, 5) is 16.4. The summed E-state index contributed by atoms with van der Waals surface area (Å²) in [5, 5.41) is 1.41. The van der Waals surface area contributed by atoms with Crippen molar-refractivity contribution in [2.45, 2.75) is 13.3 Å². The Labute approximate surface area is 71.2 Å². The molecule has 1 aliphatic heterocycles. The second kappa shape index (κ2) is 3.93. The first kappa shape index (κ1) is 8.81. The summed E-state index contributed by atoms with van der Waals surface area (Å²) in [5.74, 6) is 0.228. The molecule has 1 atom stereocenters. The number of hydroxylamine groups is 2. The summed E-state index contributed by atoms with van der Waals surface area (Å²) < 4.78 is 0. The van der Waals surface area contributed by atoms with Crippen LogP contribution >= 0.6 is 11.6 Å². The molecule has 1 unspecified atom stereocenters. The van der Waals surface area contributed by atoms with Crippen molar-refractivity contribution in [1.29, 1.82) is 0 Å². The molecule has 0 aromatic rings. The van der Waals surface area contributed by atoms with E-state index in [1.54, 1.807) is 6.92 Å². The summed E-state index contributed by atoms with van der Waals surface area (Å²) in [6.45, 7) is 3.16. The number of hydrogen-bond donors (Lipinski definition) is 0. The first-order chi connectivity index (χ1) is 5.25. The van der Waals surface area contributed by atoms with Gasteiger partial charge in [0.15, 0.2) is 0 Å². The third-order valence-electron chi connectivity index (χ3n) is 1.65. The number of alkyl halides is 1. The monoisotopic (exact) mass is 177 g/mol. The van der Waals surface area contributed by atoms with Crippen LogP contribution in [-0.4, -0.2) is 30.0 Å². The van der Waals surface area contributed by atoms with Crippen LogP contribution in [0.1, 0.15) is 13.3 Å². The number of rotatable bonds is 2. The number of amides is 1. The van der Waals surface area contributed by atoms with E-state index in [2.05, 4.69) is 0 Å². The Morgan fingerprint density at radius 1 is 1.82 bits per heavy atom. The topological polar surface area (TPSA) is 29.5 Å². The summed E-state index contributed by atoms with van der Waals surface area (Å²) in [6, 6.07) is 0. The molecule has 11 heavy (non-hydrogen) atoms. The zero-order valence-corrected chi connectivity index (χ0v) is 7.30. The molecule has 3 nitrogen and oxygen atoms in total. The Hall–Kier alpha value is -0.280. The zero-order chi connectivity index (χ0) is 8.27. The van der Waals surface area contributed by atoms with E-state index in [1.807, 2.05) is 0 Å². The van der Waals surface area contributed by atoms with E-state index in [4.69, 9.17) is 16.4 Å². The predicted molar refractivity (Wildman–Crippen MR) is 42.2 cm³/mol. The van der Waals surface area contributed by atoms with Gasteiger partial charge in [0.1, 0.15) is 0 Å². The van der Waals surface area contributed by atoms with Crippen LogP contribution in [0, 0.1) is 5.92 Å². The van der Waals surface area contributed by atoms with E-state index in [-0.39, 0.29) is 11.8 Å². The molecule has 1 fully saturated rings. The minimum absolute atomic E-state index is 0.00231. The molecule has 0 spiro atoms. The number of nitrogens with zero attached hydrogens (tertiary/aromatic N) is 1. The van der Waals surface area contributed by atoms with Crippen molar-refractivity contribution >= 4 is 17.5 Å². The molecule has 64 valence electrons. The maximum atomic E-state index is 11.3. The third-order valence-corrected chi connectivity index (χ3v) is 2.11. The predicted octanol–water partition coefficient (Wildman–Crippen LogP) is 1.03. The molecule has 1 rings (SSSR count). The zero-order valence-electron chi connectivity index (χ0n) is 6.55. The van der Waals surface area contributed by atoms with Crippen molar-refractivity contribution in [3.63, 3.8) is 0 Å². The average Bonchev–Trinajstić information content (AvgIpc) is 2.53. The molecular weight excluding hydrogens is 166 g/mol. The Bertz CT molecular complexity index is 145. The highest BCUT2D eigenvalue weighted by Gasteiger charge is 2.23. The van der Waals surface area contributed by atoms with Gasteiger partial charge in [-0.15, -0.1) is 11.6 Å². The van der Waals surface area contributed by atoms with Crippen molar-refractivity contribution in [2.24, 2.45) is 5.92 Å². The number of carbonyl (C=O) groups is 1. The van der Waals surface area contributed by atoms with Crippen LogP contribution in [0.15, 0.2) is 0 Å². The van der Waals surface area contributed by atoms with Gasteiger partial charge in [-0.05, 0) is 6.42 Å². The SMILES string of the molecule is CC(CCl)C(=O)N1CCCO1. The Morgan fingerprint density at radius 3 is 3.00 bits per heavy atom. The van der Waals surface area contributed by atoms with Crippen LogP contribution in [0.3, 0.4) is 0 Å². The highest BCUT2D eigenvalue weighted by Crippen LogP contribution is 2.10. The van der Waals surface area contributed by atoms with E-state index in [9.17, 15) is 4.79 Å². The molecule has 1 saturated heterocycles. The van der Waals surface area contributed by atoms with Crippen LogP contribution in [0.2, 0.25) is 0 Å². The van der Waals surface area contributed by atoms with Gasteiger partial charge in [-0.25, -0.2) is 5.06 Å². The normalized spacial score (nSPS) is 20.4. The lowest BCUT2D eigenvalue weighted by atomic mass is 10.2. The fourth-order valence-corrected chi connectivity index (χ4v) is 1.07. The van der Waals surface area contributed by atoms with Crippen LogP contribution in [0.25, 0.3) is 0 Å². The van der Waals surface area contributed by atoms with Gasteiger partial charge in [0.25, 0.3) is 0 Å². The van der Waals surface area contributed by atoms with E-state index in [0.29, 0.717) is 19.0 Å². The summed E-state index contributed by atoms with van der Waals surface area (Å²) in [7, 11) is 0. The fourth-order valence-electron chi connectivity index (χ4n) is 0.933. The van der Waals surface area contributed by atoms with Crippen LogP contribution < -0.4 is 0 Å². The van der Waals surface area contributed by atoms with Gasteiger partial charge in [0.05, 0.1) is 19.1 Å². The third kappa shape index (κ3) is 2.07. The van der Waals surface area contributed by atoms with Crippen LogP contribution in [-0.2, 0) is 9.63 Å². The van der Waals surface area contributed by atoms with Gasteiger partial charge in [-0.2, -0.15) is 0 Å². The molecule has 0 saturated carbocycles. The molecule has 0 radical (unpaired) electrons. The smallest absolute Gasteiger partial charge is 0.250 e. The number of carbonyl (C=O) groups excluding carboxylic acids is 1. The Kier molecular flexibility index (Phi) is 3.15. The lowest BCUT2D eigenvalue weighted by Gasteiger charge is -2.16. The maximum Gasteiger partial charge on any atom is 0.250 e. The van der Waals surface area contributed by atoms with Gasteiger partial charge >= 0.3 is 0 Å². The molecule has 1 heterocycles. The van der Waals surface area contributed by atoms with Crippen molar-refractivity contribution in [3.8, 4) is 0 Å². The fraction of sp³-hybridized carbons (Fsp3) is 0.857. The minimum Gasteiger partial charge on any atom is -0.272 e. The first-order valence-electron chi connectivity index (χ1n) is 3.76. The van der Waals surface area contributed by atoms with Crippen molar-refractivity contribution < 1.29 is 9.63 Å². The Morgan fingerprint density at radius 2 is 2.55 bits per heavy atom. The van der Waals surface area contributed by atoms with Crippen LogP contribution in [0.5, 0.6) is 0 Å². The molecule has 0 aromatic carbocycles. The van der Waals surface area contributed by atoms with Gasteiger partial charge in [-0.3, -0.25) is 9.63 Å². The van der Waals surface area contributed by atoms with E-state index in [1.165, 1.54) is 5.06 Å². The highest BCUT2D eigenvalue weighted by molar-refractivity contribution is 6.19. The number of hydrogen-bond acceptors (Lipinski definition) is 2. The second-order valence-corrected chi connectivity index (χ2v) is 2.99. The molecule has 1 aliphatic rings. The molecule has 0 aromatic heterocycles. The van der Waals surface area contributed by atoms with Gasteiger partial charge in [0.2, 0.25) is 5.91 Å². The largest absolute Gasteiger partial charge is 0.272 e. The lowest BCUT2D eigenvalue weighted by Crippen LogP contribution is -2.32. The maximum absolute atomic E-state index is 11.3. The molecule has 0 N–H and O–H groups in total. The molecule has 0 bridgehead atoms. The standard InChI is InChI=1S/C7H12ClNO2/c1-6(5-8)7(10)9-3-2-4-11-9/h6H,2-5H2,1H3. The van der Waals surface area contributed by atoms with Crippen molar-refractivity contribution in [1.82, 2.24) is 5.06 Å². The Balaban J connectivity index is 2.39. The quantitative estimate of drug-likeness (QED) is 0.590. The average molecular weight is 178 g/mol. The van der Waals surface area contributed by atoms with Gasteiger partial charge in [0, 0.05) is 5.88 Å².